The Morgan fingerprint density at radius 1 is 1.33 bits per heavy atom. The van der Waals surface area contributed by atoms with E-state index < -0.39 is 0 Å². The minimum absolute atomic E-state index is 0.377. The highest BCUT2D eigenvalue weighted by Crippen LogP contribution is 2.29. The number of rotatable bonds is 6. The number of hydrogen-bond acceptors (Lipinski definition) is 2. The third-order valence-electron chi connectivity index (χ3n) is 4.38. The normalized spacial score (nSPS) is 20.7. The van der Waals surface area contributed by atoms with Crippen LogP contribution in [0, 0.1) is 5.92 Å². The summed E-state index contributed by atoms with van der Waals surface area (Å²) in [5.74, 6) is 0.760. The fourth-order valence-corrected chi connectivity index (χ4v) is 3.43. The summed E-state index contributed by atoms with van der Waals surface area (Å²) >= 11 is 12.2. The van der Waals surface area contributed by atoms with Gasteiger partial charge < -0.3 is 5.32 Å². The second kappa shape index (κ2) is 8.38. The van der Waals surface area contributed by atoms with Crippen molar-refractivity contribution in [3.8, 4) is 0 Å². The molecular formula is C17H26Cl2N2. The van der Waals surface area contributed by atoms with Crippen molar-refractivity contribution in [2.75, 3.05) is 26.2 Å². The van der Waals surface area contributed by atoms with E-state index in [9.17, 15) is 0 Å². The molecule has 1 heterocycles. The van der Waals surface area contributed by atoms with Gasteiger partial charge in [-0.2, -0.15) is 0 Å². The van der Waals surface area contributed by atoms with Gasteiger partial charge in [0.15, 0.2) is 0 Å². The Morgan fingerprint density at radius 2 is 2.14 bits per heavy atom. The molecule has 4 heteroatoms. The van der Waals surface area contributed by atoms with Crippen LogP contribution >= 0.6 is 23.2 Å². The van der Waals surface area contributed by atoms with Gasteiger partial charge in [0.05, 0.1) is 10.0 Å². The lowest BCUT2D eigenvalue weighted by Gasteiger charge is -2.34. The second-order valence-corrected chi connectivity index (χ2v) is 6.87. The van der Waals surface area contributed by atoms with E-state index in [1.165, 1.54) is 31.4 Å². The molecule has 0 aliphatic carbocycles. The van der Waals surface area contributed by atoms with E-state index >= 15 is 0 Å². The van der Waals surface area contributed by atoms with Crippen LogP contribution in [0.1, 0.15) is 44.7 Å². The molecular weight excluding hydrogens is 303 g/mol. The van der Waals surface area contributed by atoms with Crippen molar-refractivity contribution in [3.63, 3.8) is 0 Å². The van der Waals surface area contributed by atoms with Crippen LogP contribution in [0.25, 0.3) is 0 Å². The molecule has 0 aromatic heterocycles. The molecule has 1 N–H and O–H groups in total. The maximum Gasteiger partial charge on any atom is 0.0595 e. The molecule has 0 saturated carbocycles. The predicted octanol–water partition coefficient (Wildman–Crippen LogP) is 4.77. The first-order chi connectivity index (χ1) is 10.1. The molecule has 0 amide bonds. The maximum atomic E-state index is 6.17. The van der Waals surface area contributed by atoms with Crippen LogP contribution in [0.2, 0.25) is 10.0 Å². The lowest BCUT2D eigenvalue weighted by Crippen LogP contribution is -2.39. The van der Waals surface area contributed by atoms with Gasteiger partial charge >= 0.3 is 0 Å². The lowest BCUT2D eigenvalue weighted by atomic mass is 9.97. The Bertz CT molecular complexity index is 444. The smallest absolute Gasteiger partial charge is 0.0595 e. The van der Waals surface area contributed by atoms with Gasteiger partial charge in [-0.25, -0.2) is 0 Å². The Kier molecular flexibility index (Phi) is 6.81. The van der Waals surface area contributed by atoms with Crippen molar-refractivity contribution < 1.29 is 0 Å². The highest BCUT2D eigenvalue weighted by Gasteiger charge is 2.21. The molecule has 0 bridgehead atoms. The highest BCUT2D eigenvalue weighted by molar-refractivity contribution is 6.42. The molecule has 0 spiro atoms. The van der Waals surface area contributed by atoms with Crippen molar-refractivity contribution in [1.82, 2.24) is 10.2 Å². The van der Waals surface area contributed by atoms with E-state index in [4.69, 9.17) is 23.2 Å². The second-order valence-electron chi connectivity index (χ2n) is 6.06. The number of halogens is 2. The van der Waals surface area contributed by atoms with E-state index in [1.807, 2.05) is 12.1 Å². The number of benzene rings is 1. The summed E-state index contributed by atoms with van der Waals surface area (Å²) in [7, 11) is 0. The van der Waals surface area contributed by atoms with Gasteiger partial charge in [0, 0.05) is 12.6 Å². The zero-order chi connectivity index (χ0) is 15.2. The molecule has 1 aromatic carbocycles. The molecule has 0 radical (unpaired) electrons. The summed E-state index contributed by atoms with van der Waals surface area (Å²) < 4.78 is 0. The van der Waals surface area contributed by atoms with Crippen molar-refractivity contribution in [1.29, 1.82) is 0 Å². The third-order valence-corrected chi connectivity index (χ3v) is 5.12. The average molecular weight is 329 g/mol. The van der Waals surface area contributed by atoms with Crippen LogP contribution in [-0.4, -0.2) is 31.1 Å². The predicted molar refractivity (Wildman–Crippen MR) is 92.3 cm³/mol. The van der Waals surface area contributed by atoms with Crippen LogP contribution < -0.4 is 5.32 Å². The quantitative estimate of drug-likeness (QED) is 0.809. The van der Waals surface area contributed by atoms with Crippen LogP contribution in [-0.2, 0) is 0 Å². The fourth-order valence-electron chi connectivity index (χ4n) is 3.12. The van der Waals surface area contributed by atoms with Crippen LogP contribution in [0.3, 0.4) is 0 Å². The molecule has 2 atom stereocenters. The molecule has 1 aliphatic rings. The van der Waals surface area contributed by atoms with Crippen LogP contribution in [0.5, 0.6) is 0 Å². The number of nitrogens with zero attached hydrogens (tertiary/aromatic N) is 1. The number of hydrogen-bond donors (Lipinski definition) is 1. The van der Waals surface area contributed by atoms with Crippen molar-refractivity contribution in [2.24, 2.45) is 5.92 Å². The summed E-state index contributed by atoms with van der Waals surface area (Å²) in [6.07, 6.45) is 3.80. The summed E-state index contributed by atoms with van der Waals surface area (Å²) in [4.78, 5) is 2.58. The van der Waals surface area contributed by atoms with E-state index in [-0.39, 0.29) is 0 Å². The fraction of sp³-hybridized carbons (Fsp3) is 0.647. The van der Waals surface area contributed by atoms with Crippen molar-refractivity contribution in [2.45, 2.75) is 39.2 Å². The summed E-state index contributed by atoms with van der Waals surface area (Å²) in [5.41, 5.74) is 1.25. The van der Waals surface area contributed by atoms with E-state index in [0.29, 0.717) is 16.1 Å². The minimum atomic E-state index is 0.377. The van der Waals surface area contributed by atoms with E-state index in [0.717, 1.165) is 25.6 Å². The van der Waals surface area contributed by atoms with E-state index in [2.05, 4.69) is 30.1 Å². The number of nitrogens with one attached hydrogen (secondary N) is 1. The van der Waals surface area contributed by atoms with Crippen LogP contribution in [0.4, 0.5) is 0 Å². The van der Waals surface area contributed by atoms with Gasteiger partial charge in [0.1, 0.15) is 0 Å². The molecule has 118 valence electrons. The molecule has 1 aromatic rings. The summed E-state index contributed by atoms with van der Waals surface area (Å²) in [6, 6.07) is 6.39. The zero-order valence-corrected chi connectivity index (χ0v) is 14.6. The number of piperidine rings is 1. The van der Waals surface area contributed by atoms with E-state index in [1.54, 1.807) is 0 Å². The van der Waals surface area contributed by atoms with Gasteiger partial charge in [-0.1, -0.05) is 36.2 Å². The van der Waals surface area contributed by atoms with Gasteiger partial charge in [-0.05, 0) is 69.4 Å². The van der Waals surface area contributed by atoms with Gasteiger partial charge in [-0.3, -0.25) is 4.90 Å². The van der Waals surface area contributed by atoms with Crippen molar-refractivity contribution >= 4 is 23.2 Å². The first-order valence-electron chi connectivity index (χ1n) is 8.01. The SMILES string of the molecule is CCCN(CC1CCCNC1)C(C)c1ccc(Cl)c(Cl)c1. The van der Waals surface area contributed by atoms with Gasteiger partial charge in [-0.15, -0.1) is 0 Å². The molecule has 2 nitrogen and oxygen atoms in total. The Balaban J connectivity index is 2.06. The van der Waals surface area contributed by atoms with Gasteiger partial charge in [0.2, 0.25) is 0 Å². The molecule has 21 heavy (non-hydrogen) atoms. The largest absolute Gasteiger partial charge is 0.316 e. The Labute approximate surface area is 138 Å². The molecule has 1 aliphatic heterocycles. The molecule has 1 saturated heterocycles. The Hall–Kier alpha value is -0.280. The topological polar surface area (TPSA) is 15.3 Å². The third kappa shape index (κ3) is 4.85. The Morgan fingerprint density at radius 3 is 2.76 bits per heavy atom. The van der Waals surface area contributed by atoms with Crippen molar-refractivity contribution in [3.05, 3.63) is 33.8 Å². The molecule has 2 unspecified atom stereocenters. The first kappa shape index (κ1) is 17.1. The first-order valence-corrected chi connectivity index (χ1v) is 8.77. The standard InChI is InChI=1S/C17H26Cl2N2/c1-3-9-21(12-14-5-4-8-20-11-14)13(2)15-6-7-16(18)17(19)10-15/h6-7,10,13-14,20H,3-5,8-9,11-12H2,1-2H3. The minimum Gasteiger partial charge on any atom is -0.316 e. The van der Waals surface area contributed by atoms with Crippen LogP contribution in [0.15, 0.2) is 18.2 Å². The zero-order valence-electron chi connectivity index (χ0n) is 13.0. The monoisotopic (exact) mass is 328 g/mol. The van der Waals surface area contributed by atoms with Gasteiger partial charge in [0.25, 0.3) is 0 Å². The molecule has 2 rings (SSSR count). The lowest BCUT2D eigenvalue weighted by molar-refractivity contribution is 0.163. The summed E-state index contributed by atoms with van der Waals surface area (Å²) in [5, 5.41) is 4.79. The molecule has 1 fully saturated rings. The highest BCUT2D eigenvalue weighted by atomic mass is 35.5. The maximum absolute atomic E-state index is 6.17. The summed E-state index contributed by atoms with van der Waals surface area (Å²) in [6.45, 7) is 9.11. The average Bonchev–Trinajstić information content (AvgIpc) is 2.50.